The topological polar surface area (TPSA) is 70.1 Å². The molecule has 0 spiro atoms. The van der Waals surface area contributed by atoms with Gasteiger partial charge in [0.2, 0.25) is 0 Å². The normalized spacial score (nSPS) is 16.9. The van der Waals surface area contributed by atoms with E-state index in [1.807, 2.05) is 24.3 Å². The van der Waals surface area contributed by atoms with Gasteiger partial charge in [-0.15, -0.1) is 0 Å². The molecule has 2 heterocycles. The van der Waals surface area contributed by atoms with E-state index in [2.05, 4.69) is 5.10 Å². The zero-order valence-electron chi connectivity index (χ0n) is 16.1. The van der Waals surface area contributed by atoms with Crippen LogP contribution in [-0.2, 0) is 4.74 Å². The van der Waals surface area contributed by atoms with Crippen molar-refractivity contribution >= 4 is 44.7 Å². The Morgan fingerprint density at radius 2 is 1.93 bits per heavy atom. The quantitative estimate of drug-likeness (QED) is 0.349. The Labute approximate surface area is 177 Å². The van der Waals surface area contributed by atoms with Crippen molar-refractivity contribution in [1.82, 2.24) is 9.78 Å². The number of nitrogens with zero attached hydrogens (tertiary/aromatic N) is 2. The van der Waals surface area contributed by atoms with Gasteiger partial charge in [0.25, 0.3) is 0 Å². The van der Waals surface area contributed by atoms with Crippen LogP contribution in [0, 0.1) is 5.82 Å². The molecule has 3 aromatic carbocycles. The van der Waals surface area contributed by atoms with E-state index in [4.69, 9.17) is 22.1 Å². The molecule has 0 radical (unpaired) electrons. The van der Waals surface area contributed by atoms with Crippen LogP contribution in [-0.4, -0.2) is 22.2 Å². The minimum Gasteiger partial charge on any atom is -0.398 e. The Hall–Kier alpha value is -2.96. The first-order valence-electron chi connectivity index (χ1n) is 9.85. The van der Waals surface area contributed by atoms with Gasteiger partial charge in [-0.3, -0.25) is 4.79 Å². The second-order valence-corrected chi connectivity index (χ2v) is 7.89. The number of fused-ring (bicyclic) bond motifs is 2. The lowest BCUT2D eigenvalue weighted by Crippen LogP contribution is -2.18. The lowest BCUT2D eigenvalue weighted by Gasteiger charge is -2.22. The first kappa shape index (κ1) is 19.0. The number of aromatic nitrogens is 2. The molecular formula is C23H19ClFN3O2. The van der Waals surface area contributed by atoms with Crippen LogP contribution in [0.2, 0.25) is 5.02 Å². The van der Waals surface area contributed by atoms with Crippen molar-refractivity contribution in [2.24, 2.45) is 0 Å². The summed E-state index contributed by atoms with van der Waals surface area (Å²) in [6.07, 6.45) is 4.24. The molecule has 30 heavy (non-hydrogen) atoms. The maximum atomic E-state index is 14.5. The molecule has 1 aliphatic heterocycles. The number of nitrogen functional groups attached to an aromatic ring is 1. The maximum absolute atomic E-state index is 14.5. The number of hydrogen-bond donors (Lipinski definition) is 1. The molecule has 0 saturated carbocycles. The van der Waals surface area contributed by atoms with Crippen LogP contribution in [0.25, 0.3) is 21.7 Å². The smallest absolute Gasteiger partial charge is 0.195 e. The number of carbonyl (C=O) groups is 1. The highest BCUT2D eigenvalue weighted by Crippen LogP contribution is 2.34. The van der Waals surface area contributed by atoms with E-state index in [9.17, 15) is 9.18 Å². The summed E-state index contributed by atoms with van der Waals surface area (Å²) >= 11 is 6.41. The summed E-state index contributed by atoms with van der Waals surface area (Å²) in [5, 5.41) is 6.72. The summed E-state index contributed by atoms with van der Waals surface area (Å²) in [5.74, 6) is -0.810. The zero-order valence-corrected chi connectivity index (χ0v) is 16.8. The summed E-state index contributed by atoms with van der Waals surface area (Å²) in [6.45, 7) is 0.640. The predicted molar refractivity (Wildman–Crippen MR) is 115 cm³/mol. The van der Waals surface area contributed by atoms with Gasteiger partial charge >= 0.3 is 0 Å². The van der Waals surface area contributed by atoms with E-state index in [-0.39, 0.29) is 23.1 Å². The molecular weight excluding hydrogens is 405 g/mol. The van der Waals surface area contributed by atoms with E-state index in [0.29, 0.717) is 33.7 Å². The Morgan fingerprint density at radius 1 is 1.13 bits per heavy atom. The number of rotatable bonds is 3. The average molecular weight is 424 g/mol. The van der Waals surface area contributed by atoms with Gasteiger partial charge < -0.3 is 10.5 Å². The van der Waals surface area contributed by atoms with E-state index in [1.54, 1.807) is 16.9 Å². The molecule has 0 aliphatic carbocycles. The summed E-state index contributed by atoms with van der Waals surface area (Å²) in [5.41, 5.74) is 7.43. The molecule has 1 unspecified atom stereocenters. The first-order chi connectivity index (χ1) is 14.5. The Balaban J connectivity index is 1.65. The predicted octanol–water partition coefficient (Wildman–Crippen LogP) is 5.49. The third-order valence-electron chi connectivity index (χ3n) is 5.62. The van der Waals surface area contributed by atoms with Gasteiger partial charge in [0.05, 0.1) is 5.69 Å². The second kappa shape index (κ2) is 7.38. The minimum absolute atomic E-state index is 0.139. The van der Waals surface area contributed by atoms with Crippen molar-refractivity contribution in [3.63, 3.8) is 0 Å². The van der Waals surface area contributed by atoms with Crippen molar-refractivity contribution in [2.75, 3.05) is 12.3 Å². The number of anilines is 1. The van der Waals surface area contributed by atoms with Gasteiger partial charge in [0, 0.05) is 45.1 Å². The number of halogens is 2. The number of nitrogens with two attached hydrogens (primary N) is 1. The number of carbonyl (C=O) groups excluding carboxylic acids is 1. The highest BCUT2D eigenvalue weighted by molar-refractivity contribution is 6.37. The standard InChI is InChI=1S/C23H19ClFN3O2/c24-18-11-16(21(26)14-6-2-1-5-13(14)18)23(29)15-8-9-19(25)22-17(15)12-28(27-22)20-7-3-4-10-30-20/h1-2,5-6,8-9,11-12,20H,3-4,7,10,26H2. The third-order valence-corrected chi connectivity index (χ3v) is 5.93. The first-order valence-corrected chi connectivity index (χ1v) is 10.2. The number of ether oxygens (including phenoxy) is 1. The van der Waals surface area contributed by atoms with Gasteiger partial charge in [-0.1, -0.05) is 35.9 Å². The van der Waals surface area contributed by atoms with Crippen LogP contribution >= 0.6 is 11.6 Å². The van der Waals surface area contributed by atoms with Crippen LogP contribution in [0.5, 0.6) is 0 Å². The van der Waals surface area contributed by atoms with Gasteiger partial charge in [-0.2, -0.15) is 5.10 Å². The van der Waals surface area contributed by atoms with Crippen molar-refractivity contribution < 1.29 is 13.9 Å². The lowest BCUT2D eigenvalue weighted by molar-refractivity contribution is -0.0391. The highest BCUT2D eigenvalue weighted by atomic mass is 35.5. The molecule has 5 rings (SSSR count). The molecule has 152 valence electrons. The van der Waals surface area contributed by atoms with Crippen molar-refractivity contribution in [3.05, 3.63) is 70.6 Å². The van der Waals surface area contributed by atoms with Crippen LogP contribution in [0.15, 0.2) is 48.7 Å². The molecule has 0 amide bonds. The molecule has 1 aromatic heterocycles. The van der Waals surface area contributed by atoms with Crippen LogP contribution in [0.4, 0.5) is 10.1 Å². The molecule has 1 aliphatic rings. The summed E-state index contributed by atoms with van der Waals surface area (Å²) in [7, 11) is 0. The van der Waals surface area contributed by atoms with Gasteiger partial charge in [-0.25, -0.2) is 9.07 Å². The molecule has 2 N–H and O–H groups in total. The molecule has 1 saturated heterocycles. The monoisotopic (exact) mass is 423 g/mol. The lowest BCUT2D eigenvalue weighted by atomic mass is 9.96. The summed E-state index contributed by atoms with van der Waals surface area (Å²) in [6, 6.07) is 11.7. The minimum atomic E-state index is -0.486. The van der Waals surface area contributed by atoms with Crippen LogP contribution in [0.1, 0.15) is 41.4 Å². The Bertz CT molecular complexity index is 1290. The maximum Gasteiger partial charge on any atom is 0.195 e. The summed E-state index contributed by atoms with van der Waals surface area (Å²) < 4.78 is 21.9. The summed E-state index contributed by atoms with van der Waals surface area (Å²) in [4.78, 5) is 13.4. The van der Waals surface area contributed by atoms with Crippen molar-refractivity contribution in [1.29, 1.82) is 0 Å². The molecule has 4 aromatic rings. The largest absolute Gasteiger partial charge is 0.398 e. The van der Waals surface area contributed by atoms with Crippen LogP contribution in [0.3, 0.4) is 0 Å². The van der Waals surface area contributed by atoms with Crippen molar-refractivity contribution in [3.8, 4) is 0 Å². The number of hydrogen-bond acceptors (Lipinski definition) is 4. The highest BCUT2D eigenvalue weighted by Gasteiger charge is 2.23. The second-order valence-electron chi connectivity index (χ2n) is 7.48. The SMILES string of the molecule is Nc1c(C(=O)c2ccc(F)c3nn(C4CCCCO4)cc23)cc(Cl)c2ccccc12. The fourth-order valence-corrected chi connectivity index (χ4v) is 4.33. The number of ketones is 1. The molecule has 0 bridgehead atoms. The number of benzene rings is 3. The Morgan fingerprint density at radius 3 is 2.70 bits per heavy atom. The van der Waals surface area contributed by atoms with E-state index in [1.165, 1.54) is 12.1 Å². The third kappa shape index (κ3) is 3.04. The van der Waals surface area contributed by atoms with E-state index < -0.39 is 5.82 Å². The average Bonchev–Trinajstić information content (AvgIpc) is 3.23. The molecule has 1 fully saturated rings. The van der Waals surface area contributed by atoms with Gasteiger partial charge in [-0.05, 0) is 37.5 Å². The van der Waals surface area contributed by atoms with E-state index in [0.717, 1.165) is 24.6 Å². The van der Waals surface area contributed by atoms with Gasteiger partial charge in [0.1, 0.15) is 11.7 Å². The fraction of sp³-hybridized carbons (Fsp3) is 0.217. The molecule has 7 heteroatoms. The van der Waals surface area contributed by atoms with E-state index >= 15 is 0 Å². The fourth-order valence-electron chi connectivity index (χ4n) is 4.05. The molecule has 1 atom stereocenters. The zero-order chi connectivity index (χ0) is 20.8. The van der Waals surface area contributed by atoms with Crippen molar-refractivity contribution in [2.45, 2.75) is 25.5 Å². The molecule has 5 nitrogen and oxygen atoms in total. The van der Waals surface area contributed by atoms with Gasteiger partial charge in [0.15, 0.2) is 11.6 Å². The Kier molecular flexibility index (Phi) is 4.68. The van der Waals surface area contributed by atoms with Crippen LogP contribution < -0.4 is 5.73 Å².